The van der Waals surface area contributed by atoms with Gasteiger partial charge in [-0.3, -0.25) is 9.59 Å². The first kappa shape index (κ1) is 18.2. The number of benzene rings is 2. The van der Waals surface area contributed by atoms with Gasteiger partial charge in [-0.2, -0.15) is 0 Å². The average molecular weight is 350 g/mol. The zero-order chi connectivity index (χ0) is 18.7. The number of aryl methyl sites for hydroxylation is 3. The van der Waals surface area contributed by atoms with Crippen LogP contribution in [0.2, 0.25) is 0 Å². The fraction of sp³-hybridized carbons (Fsp3) is 0.364. The van der Waals surface area contributed by atoms with Gasteiger partial charge in [0.05, 0.1) is 11.8 Å². The third-order valence-corrected chi connectivity index (χ3v) is 4.94. The second-order valence-corrected chi connectivity index (χ2v) is 7.24. The molecular weight excluding hydrogens is 324 g/mol. The van der Waals surface area contributed by atoms with Crippen LogP contribution >= 0.6 is 0 Å². The Labute approximate surface area is 155 Å². The highest BCUT2D eigenvalue weighted by Gasteiger charge is 2.48. The van der Waals surface area contributed by atoms with Crippen molar-refractivity contribution in [3.05, 3.63) is 64.7 Å². The molecule has 0 bridgehead atoms. The van der Waals surface area contributed by atoms with E-state index in [0.29, 0.717) is 13.0 Å². The standard InChI is InChI=1S/C22H26N2O2/c1-14-11-15(2)20(16(3)12-14)24-22(26)19-13-18(19)21(25)23-10-9-17-7-5-4-6-8-17/h4-8,11-12,18-19H,9-10,13H2,1-3H3,(H,23,25)(H,24,26). The van der Waals surface area contributed by atoms with Crippen molar-refractivity contribution in [2.75, 3.05) is 11.9 Å². The Hall–Kier alpha value is -2.62. The Balaban J connectivity index is 1.48. The molecule has 0 saturated heterocycles. The van der Waals surface area contributed by atoms with Gasteiger partial charge < -0.3 is 10.6 Å². The molecule has 4 nitrogen and oxygen atoms in total. The molecule has 0 spiro atoms. The number of hydrogen-bond donors (Lipinski definition) is 2. The number of amides is 2. The van der Waals surface area contributed by atoms with E-state index < -0.39 is 0 Å². The predicted octanol–water partition coefficient (Wildman–Crippen LogP) is 3.55. The summed E-state index contributed by atoms with van der Waals surface area (Å²) in [5.74, 6) is -0.481. The van der Waals surface area contributed by atoms with Gasteiger partial charge >= 0.3 is 0 Å². The molecule has 1 aliphatic rings. The number of carbonyl (C=O) groups excluding carboxylic acids is 2. The third kappa shape index (κ3) is 4.31. The minimum absolute atomic E-state index is 0.0153. The summed E-state index contributed by atoms with van der Waals surface area (Å²) in [6, 6.07) is 14.2. The summed E-state index contributed by atoms with van der Waals surface area (Å²) in [5.41, 5.74) is 5.36. The van der Waals surface area contributed by atoms with Gasteiger partial charge in [-0.15, -0.1) is 0 Å². The summed E-state index contributed by atoms with van der Waals surface area (Å²) in [5, 5.41) is 5.97. The first-order valence-corrected chi connectivity index (χ1v) is 9.16. The molecule has 3 rings (SSSR count). The Morgan fingerprint density at radius 2 is 1.58 bits per heavy atom. The van der Waals surface area contributed by atoms with Gasteiger partial charge in [-0.05, 0) is 50.3 Å². The number of hydrogen-bond acceptors (Lipinski definition) is 2. The van der Waals surface area contributed by atoms with E-state index in [2.05, 4.69) is 22.8 Å². The smallest absolute Gasteiger partial charge is 0.228 e. The van der Waals surface area contributed by atoms with E-state index >= 15 is 0 Å². The molecule has 1 fully saturated rings. The highest BCUT2D eigenvalue weighted by atomic mass is 16.2. The summed E-state index contributed by atoms with van der Waals surface area (Å²) < 4.78 is 0. The molecule has 1 saturated carbocycles. The van der Waals surface area contributed by atoms with E-state index in [1.165, 1.54) is 11.1 Å². The highest BCUT2D eigenvalue weighted by Crippen LogP contribution is 2.40. The maximum Gasteiger partial charge on any atom is 0.228 e. The monoisotopic (exact) mass is 350 g/mol. The maximum atomic E-state index is 12.5. The molecule has 2 atom stereocenters. The van der Waals surface area contributed by atoms with Crippen molar-refractivity contribution in [1.29, 1.82) is 0 Å². The molecule has 0 radical (unpaired) electrons. The lowest BCUT2D eigenvalue weighted by Gasteiger charge is -2.13. The van der Waals surface area contributed by atoms with Crippen LogP contribution in [0.15, 0.2) is 42.5 Å². The van der Waals surface area contributed by atoms with E-state index in [9.17, 15) is 9.59 Å². The zero-order valence-electron chi connectivity index (χ0n) is 15.6. The summed E-state index contributed by atoms with van der Waals surface area (Å²) in [6.45, 7) is 6.64. The number of rotatable bonds is 6. The van der Waals surface area contributed by atoms with Gasteiger partial charge in [-0.25, -0.2) is 0 Å². The largest absolute Gasteiger partial charge is 0.356 e. The Morgan fingerprint density at radius 1 is 0.962 bits per heavy atom. The second kappa shape index (κ2) is 7.73. The summed E-state index contributed by atoms with van der Waals surface area (Å²) in [6.07, 6.45) is 1.44. The summed E-state index contributed by atoms with van der Waals surface area (Å²) in [4.78, 5) is 24.7. The van der Waals surface area contributed by atoms with Crippen LogP contribution < -0.4 is 10.6 Å². The van der Waals surface area contributed by atoms with Crippen LogP contribution in [0.1, 0.15) is 28.7 Å². The van der Waals surface area contributed by atoms with Crippen molar-refractivity contribution < 1.29 is 9.59 Å². The van der Waals surface area contributed by atoms with Gasteiger partial charge in [0, 0.05) is 12.2 Å². The normalized spacial score (nSPS) is 18.3. The molecule has 0 aromatic heterocycles. The molecule has 1 aliphatic carbocycles. The molecule has 2 N–H and O–H groups in total. The van der Waals surface area contributed by atoms with Gasteiger partial charge in [0.1, 0.15) is 0 Å². The maximum absolute atomic E-state index is 12.5. The Bertz CT molecular complexity index is 791. The van der Waals surface area contributed by atoms with E-state index in [0.717, 1.165) is 23.2 Å². The molecule has 4 heteroatoms. The van der Waals surface area contributed by atoms with Crippen molar-refractivity contribution in [3.8, 4) is 0 Å². The molecular formula is C22H26N2O2. The van der Waals surface area contributed by atoms with Crippen LogP contribution in [-0.4, -0.2) is 18.4 Å². The van der Waals surface area contributed by atoms with E-state index in [4.69, 9.17) is 0 Å². The Morgan fingerprint density at radius 3 is 2.23 bits per heavy atom. The van der Waals surface area contributed by atoms with Gasteiger partial charge in [-0.1, -0.05) is 48.0 Å². The van der Waals surface area contributed by atoms with Crippen LogP contribution in [0.25, 0.3) is 0 Å². The minimum atomic E-state index is -0.216. The molecule has 0 aliphatic heterocycles. The minimum Gasteiger partial charge on any atom is -0.356 e. The van der Waals surface area contributed by atoms with Crippen LogP contribution in [0, 0.1) is 32.6 Å². The van der Waals surface area contributed by atoms with Crippen LogP contribution in [0.3, 0.4) is 0 Å². The van der Waals surface area contributed by atoms with Crippen molar-refractivity contribution in [1.82, 2.24) is 5.32 Å². The number of nitrogens with one attached hydrogen (secondary N) is 2. The number of carbonyl (C=O) groups is 2. The molecule has 2 unspecified atom stereocenters. The van der Waals surface area contributed by atoms with Crippen LogP contribution in [0.4, 0.5) is 5.69 Å². The van der Waals surface area contributed by atoms with Crippen LogP contribution in [0.5, 0.6) is 0 Å². The highest BCUT2D eigenvalue weighted by molar-refractivity contribution is 6.00. The topological polar surface area (TPSA) is 58.2 Å². The lowest BCUT2D eigenvalue weighted by molar-refractivity contribution is -0.125. The predicted molar refractivity (Wildman–Crippen MR) is 104 cm³/mol. The molecule has 2 aromatic rings. The van der Waals surface area contributed by atoms with Crippen molar-refractivity contribution >= 4 is 17.5 Å². The average Bonchev–Trinajstić information content (AvgIpc) is 3.40. The van der Waals surface area contributed by atoms with Gasteiger partial charge in [0.2, 0.25) is 11.8 Å². The van der Waals surface area contributed by atoms with E-state index in [-0.39, 0.29) is 23.7 Å². The summed E-state index contributed by atoms with van der Waals surface area (Å²) >= 11 is 0. The van der Waals surface area contributed by atoms with Crippen molar-refractivity contribution in [2.45, 2.75) is 33.6 Å². The fourth-order valence-corrected chi connectivity index (χ4v) is 3.47. The van der Waals surface area contributed by atoms with Crippen LogP contribution in [-0.2, 0) is 16.0 Å². The van der Waals surface area contributed by atoms with Crippen molar-refractivity contribution in [2.24, 2.45) is 11.8 Å². The molecule has 26 heavy (non-hydrogen) atoms. The third-order valence-electron chi connectivity index (χ3n) is 4.94. The molecule has 0 heterocycles. The Kier molecular flexibility index (Phi) is 5.40. The molecule has 2 amide bonds. The SMILES string of the molecule is Cc1cc(C)c(NC(=O)C2CC2C(=O)NCCc2ccccc2)c(C)c1. The number of anilines is 1. The zero-order valence-corrected chi connectivity index (χ0v) is 15.6. The van der Waals surface area contributed by atoms with E-state index in [1.54, 1.807) is 0 Å². The quantitative estimate of drug-likeness (QED) is 0.837. The molecule has 136 valence electrons. The van der Waals surface area contributed by atoms with Gasteiger partial charge in [0.25, 0.3) is 0 Å². The first-order chi connectivity index (χ1) is 12.5. The van der Waals surface area contributed by atoms with Crippen molar-refractivity contribution in [3.63, 3.8) is 0 Å². The lowest BCUT2D eigenvalue weighted by atomic mass is 10.0. The first-order valence-electron chi connectivity index (χ1n) is 9.16. The second-order valence-electron chi connectivity index (χ2n) is 7.24. The van der Waals surface area contributed by atoms with E-state index in [1.807, 2.05) is 51.1 Å². The fourth-order valence-electron chi connectivity index (χ4n) is 3.47. The lowest BCUT2D eigenvalue weighted by Crippen LogP contribution is -2.29. The van der Waals surface area contributed by atoms with Gasteiger partial charge in [0.15, 0.2) is 0 Å². The molecule has 2 aromatic carbocycles. The summed E-state index contributed by atoms with van der Waals surface area (Å²) in [7, 11) is 0.